The van der Waals surface area contributed by atoms with Crippen LogP contribution in [0, 0.1) is 5.92 Å². The van der Waals surface area contributed by atoms with Crippen molar-refractivity contribution in [1.29, 1.82) is 0 Å². The van der Waals surface area contributed by atoms with Crippen molar-refractivity contribution in [3.8, 4) is 11.1 Å². The number of carbonyl (C=O) groups excluding carboxylic acids is 2. The van der Waals surface area contributed by atoms with Gasteiger partial charge in [-0.3, -0.25) is 4.79 Å². The summed E-state index contributed by atoms with van der Waals surface area (Å²) in [6.07, 6.45) is -1.48. The highest BCUT2D eigenvalue weighted by molar-refractivity contribution is 5.89. The molecule has 0 bridgehead atoms. The van der Waals surface area contributed by atoms with Gasteiger partial charge in [0.25, 0.3) is 0 Å². The number of benzene rings is 2. The van der Waals surface area contributed by atoms with Gasteiger partial charge in [0.15, 0.2) is 6.04 Å². The Labute approximate surface area is 193 Å². The number of rotatable bonds is 9. The number of carboxylic acid groups (broad SMARTS) is 1. The highest BCUT2D eigenvalue weighted by atomic mass is 16.5. The number of alkyl carbamates (subject to hydrolysis) is 1. The molecule has 0 fully saturated rings. The van der Waals surface area contributed by atoms with Gasteiger partial charge in [-0.05, 0) is 35.1 Å². The van der Waals surface area contributed by atoms with Crippen LogP contribution in [0.25, 0.3) is 11.1 Å². The first-order valence-corrected chi connectivity index (χ1v) is 10.9. The molecule has 0 aliphatic heterocycles. The molecule has 0 radical (unpaired) electrons. The topological polar surface area (TPSA) is 114 Å². The van der Waals surface area contributed by atoms with Crippen molar-refractivity contribution in [1.82, 2.24) is 10.6 Å². The minimum atomic E-state index is -1.24. The molecule has 1 aliphatic carbocycles. The van der Waals surface area contributed by atoms with Crippen molar-refractivity contribution in [3.63, 3.8) is 0 Å². The first-order chi connectivity index (χ1) is 15.7. The normalized spacial score (nSPS) is 15.2. The van der Waals surface area contributed by atoms with Crippen molar-refractivity contribution in [2.45, 2.75) is 44.9 Å². The summed E-state index contributed by atoms with van der Waals surface area (Å²) in [6.45, 7) is 5.17. The third-order valence-electron chi connectivity index (χ3n) is 5.97. The monoisotopic (exact) mass is 454 g/mol. The summed E-state index contributed by atoms with van der Waals surface area (Å²) in [4.78, 5) is 36.8. The van der Waals surface area contributed by atoms with E-state index < -0.39 is 36.2 Å². The molecule has 8 nitrogen and oxygen atoms in total. The molecule has 2 amide bonds. The van der Waals surface area contributed by atoms with Gasteiger partial charge in [-0.1, -0.05) is 62.4 Å². The van der Waals surface area contributed by atoms with E-state index in [1.165, 1.54) is 7.11 Å². The van der Waals surface area contributed by atoms with Crippen molar-refractivity contribution >= 4 is 18.0 Å². The quantitative estimate of drug-likeness (QED) is 0.536. The summed E-state index contributed by atoms with van der Waals surface area (Å²) in [5.41, 5.74) is 4.41. The molecule has 0 spiro atoms. The Bertz CT molecular complexity index is 976. The van der Waals surface area contributed by atoms with E-state index in [-0.39, 0.29) is 18.4 Å². The summed E-state index contributed by atoms with van der Waals surface area (Å²) < 4.78 is 10.6. The summed E-state index contributed by atoms with van der Waals surface area (Å²) in [7, 11) is 1.36. The summed E-state index contributed by atoms with van der Waals surface area (Å²) >= 11 is 0. The molecule has 3 unspecified atom stereocenters. The molecule has 176 valence electrons. The van der Waals surface area contributed by atoms with Crippen LogP contribution < -0.4 is 10.6 Å². The molecule has 0 saturated heterocycles. The number of hydrogen-bond donors (Lipinski definition) is 3. The lowest BCUT2D eigenvalue weighted by Gasteiger charge is -2.26. The van der Waals surface area contributed by atoms with E-state index in [4.69, 9.17) is 9.47 Å². The standard InChI is InChI=1S/C25H30N2O6/c1-14(2)21(23(28)26-22(24(29)30)15(3)32-4)27-25(31)33-13-20-18-11-7-5-9-16(18)17-10-6-8-12-19(17)20/h5-12,14-15,20-22H,13H2,1-4H3,(H,26,28)(H,27,31)(H,29,30). The number of hydrogen-bond acceptors (Lipinski definition) is 5. The second kappa shape index (κ2) is 10.5. The molecule has 3 atom stereocenters. The fourth-order valence-corrected chi connectivity index (χ4v) is 4.06. The molecule has 0 aromatic heterocycles. The smallest absolute Gasteiger partial charge is 0.407 e. The molecule has 33 heavy (non-hydrogen) atoms. The number of carboxylic acids is 1. The van der Waals surface area contributed by atoms with Crippen LogP contribution in [-0.4, -0.2) is 55.0 Å². The SMILES string of the molecule is COC(C)C(NC(=O)C(NC(=O)OCC1c2ccccc2-c2ccccc21)C(C)C)C(=O)O. The van der Waals surface area contributed by atoms with Gasteiger partial charge in [0.1, 0.15) is 12.6 Å². The zero-order valence-corrected chi connectivity index (χ0v) is 19.2. The number of nitrogens with one attached hydrogen (secondary N) is 2. The summed E-state index contributed by atoms with van der Waals surface area (Å²) in [5, 5.41) is 14.4. The van der Waals surface area contributed by atoms with Crippen LogP contribution in [0.15, 0.2) is 48.5 Å². The first kappa shape index (κ1) is 24.3. The van der Waals surface area contributed by atoms with E-state index in [9.17, 15) is 19.5 Å². The molecule has 2 aromatic rings. The molecule has 3 rings (SSSR count). The van der Waals surface area contributed by atoms with Crippen LogP contribution >= 0.6 is 0 Å². The van der Waals surface area contributed by atoms with Crippen LogP contribution in [0.4, 0.5) is 4.79 Å². The Kier molecular flexibility index (Phi) is 7.71. The van der Waals surface area contributed by atoms with Gasteiger partial charge in [0.2, 0.25) is 5.91 Å². The minimum absolute atomic E-state index is 0.103. The Morgan fingerprint density at radius 2 is 1.45 bits per heavy atom. The minimum Gasteiger partial charge on any atom is -0.480 e. The molecule has 1 aliphatic rings. The highest BCUT2D eigenvalue weighted by Gasteiger charge is 2.33. The number of methoxy groups -OCH3 is 1. The maximum absolute atomic E-state index is 12.7. The van der Waals surface area contributed by atoms with E-state index in [0.717, 1.165) is 22.3 Å². The third-order valence-corrected chi connectivity index (χ3v) is 5.97. The average molecular weight is 455 g/mol. The predicted octanol–water partition coefficient (Wildman–Crippen LogP) is 3.15. The van der Waals surface area contributed by atoms with E-state index in [0.29, 0.717) is 0 Å². The summed E-state index contributed by atoms with van der Waals surface area (Å²) in [5.74, 6) is -2.23. The fourth-order valence-electron chi connectivity index (χ4n) is 4.06. The summed E-state index contributed by atoms with van der Waals surface area (Å²) in [6, 6.07) is 13.8. The zero-order chi connectivity index (χ0) is 24.1. The van der Waals surface area contributed by atoms with Gasteiger partial charge in [-0.25, -0.2) is 9.59 Å². The van der Waals surface area contributed by atoms with Crippen LogP contribution in [0.1, 0.15) is 37.8 Å². The Hall–Kier alpha value is -3.39. The van der Waals surface area contributed by atoms with Crippen LogP contribution in [0.5, 0.6) is 0 Å². The molecular weight excluding hydrogens is 424 g/mol. The number of carbonyl (C=O) groups is 3. The second-order valence-electron chi connectivity index (χ2n) is 8.46. The molecule has 0 saturated carbocycles. The van der Waals surface area contributed by atoms with Gasteiger partial charge in [-0.2, -0.15) is 0 Å². The lowest BCUT2D eigenvalue weighted by atomic mass is 9.98. The lowest BCUT2D eigenvalue weighted by molar-refractivity contribution is -0.146. The van der Waals surface area contributed by atoms with Crippen molar-refractivity contribution in [3.05, 3.63) is 59.7 Å². The zero-order valence-electron chi connectivity index (χ0n) is 19.2. The van der Waals surface area contributed by atoms with Gasteiger partial charge < -0.3 is 25.2 Å². The van der Waals surface area contributed by atoms with Gasteiger partial charge in [0, 0.05) is 13.0 Å². The molecule has 3 N–H and O–H groups in total. The number of ether oxygens (including phenoxy) is 2. The Morgan fingerprint density at radius 3 is 1.94 bits per heavy atom. The van der Waals surface area contributed by atoms with Gasteiger partial charge in [0.05, 0.1) is 6.10 Å². The fraction of sp³-hybridized carbons (Fsp3) is 0.400. The average Bonchev–Trinajstić information content (AvgIpc) is 3.12. The van der Waals surface area contributed by atoms with E-state index in [1.807, 2.05) is 48.5 Å². The molecule has 8 heteroatoms. The van der Waals surface area contributed by atoms with Crippen molar-refractivity contribution in [2.24, 2.45) is 5.92 Å². The van der Waals surface area contributed by atoms with E-state index in [1.54, 1.807) is 20.8 Å². The number of aliphatic carboxylic acids is 1. The van der Waals surface area contributed by atoms with E-state index >= 15 is 0 Å². The maximum Gasteiger partial charge on any atom is 0.407 e. The Balaban J connectivity index is 1.66. The Morgan fingerprint density at radius 1 is 0.909 bits per heavy atom. The number of amides is 2. The van der Waals surface area contributed by atoms with Crippen LogP contribution in [0.2, 0.25) is 0 Å². The van der Waals surface area contributed by atoms with Gasteiger partial charge >= 0.3 is 12.1 Å². The number of fused-ring (bicyclic) bond motifs is 3. The molecule has 2 aromatic carbocycles. The predicted molar refractivity (Wildman–Crippen MR) is 123 cm³/mol. The largest absolute Gasteiger partial charge is 0.480 e. The lowest BCUT2D eigenvalue weighted by Crippen LogP contribution is -2.56. The van der Waals surface area contributed by atoms with Crippen molar-refractivity contribution < 1.29 is 29.0 Å². The highest BCUT2D eigenvalue weighted by Crippen LogP contribution is 2.44. The third kappa shape index (κ3) is 5.34. The molecular formula is C25H30N2O6. The van der Waals surface area contributed by atoms with Crippen molar-refractivity contribution in [2.75, 3.05) is 13.7 Å². The second-order valence-corrected chi connectivity index (χ2v) is 8.46. The maximum atomic E-state index is 12.7. The van der Waals surface area contributed by atoms with Crippen LogP contribution in [-0.2, 0) is 19.1 Å². The van der Waals surface area contributed by atoms with E-state index in [2.05, 4.69) is 10.6 Å². The first-order valence-electron chi connectivity index (χ1n) is 10.9. The molecule has 0 heterocycles. The van der Waals surface area contributed by atoms with Gasteiger partial charge in [-0.15, -0.1) is 0 Å². The van der Waals surface area contributed by atoms with Crippen LogP contribution in [0.3, 0.4) is 0 Å².